The fourth-order valence-corrected chi connectivity index (χ4v) is 4.69. The smallest absolute Gasteiger partial charge is 0.207 e. The second-order valence-corrected chi connectivity index (χ2v) is 8.72. The predicted molar refractivity (Wildman–Crippen MR) is 105 cm³/mol. The van der Waals surface area contributed by atoms with Gasteiger partial charge in [0.2, 0.25) is 10.0 Å². The number of hydrogen-bond acceptors (Lipinski definition) is 2. The summed E-state index contributed by atoms with van der Waals surface area (Å²) in [5.41, 5.74) is 3.20. The van der Waals surface area contributed by atoms with Crippen molar-refractivity contribution in [2.24, 2.45) is 0 Å². The highest BCUT2D eigenvalue weighted by Crippen LogP contribution is 2.47. The molecule has 0 radical (unpaired) electrons. The monoisotopic (exact) mass is 367 g/mol. The zero-order valence-electron chi connectivity index (χ0n) is 15.6. The molecule has 1 heterocycles. The highest BCUT2D eigenvalue weighted by molar-refractivity contribution is 7.89. The van der Waals surface area contributed by atoms with Crippen LogP contribution < -0.4 is 0 Å². The van der Waals surface area contributed by atoms with Crippen molar-refractivity contribution in [2.75, 3.05) is 0 Å². The lowest BCUT2D eigenvalue weighted by atomic mass is 10.1. The van der Waals surface area contributed by atoms with Crippen LogP contribution in [0.1, 0.15) is 48.9 Å². The van der Waals surface area contributed by atoms with Gasteiger partial charge < -0.3 is 0 Å². The Bertz CT molecular complexity index is 919. The minimum Gasteiger partial charge on any atom is -0.207 e. The van der Waals surface area contributed by atoms with Crippen molar-refractivity contribution in [2.45, 2.75) is 57.0 Å². The van der Waals surface area contributed by atoms with Gasteiger partial charge in [-0.2, -0.15) is 4.31 Å². The normalized spacial score (nSPS) is 21.7. The van der Waals surface area contributed by atoms with Crippen LogP contribution in [0.2, 0.25) is 0 Å². The number of aryl methyl sites for hydroxylation is 2. The lowest BCUT2D eigenvalue weighted by Gasteiger charge is -2.07. The number of benzene rings is 2. The van der Waals surface area contributed by atoms with E-state index in [1.807, 2.05) is 50.2 Å². The minimum atomic E-state index is -3.55. The maximum absolute atomic E-state index is 13.1. The van der Waals surface area contributed by atoms with Crippen molar-refractivity contribution in [3.05, 3.63) is 65.2 Å². The zero-order chi connectivity index (χ0) is 18.7. The van der Waals surface area contributed by atoms with Crippen molar-refractivity contribution in [3.8, 4) is 11.8 Å². The fraction of sp³-hybridized carbons (Fsp3) is 0.364. The summed E-state index contributed by atoms with van der Waals surface area (Å²) >= 11 is 0. The summed E-state index contributed by atoms with van der Waals surface area (Å²) in [4.78, 5) is 0.332. The average Bonchev–Trinajstić information content (AvgIpc) is 3.35. The first-order chi connectivity index (χ1) is 12.4. The molecule has 136 valence electrons. The van der Waals surface area contributed by atoms with E-state index in [-0.39, 0.29) is 12.1 Å². The third-order valence-corrected chi connectivity index (χ3v) is 6.56. The summed E-state index contributed by atoms with van der Waals surface area (Å²) in [6.45, 7) is 6.10. The molecule has 1 saturated heterocycles. The lowest BCUT2D eigenvalue weighted by molar-refractivity contribution is 0.551. The molecule has 1 aliphatic heterocycles. The van der Waals surface area contributed by atoms with Crippen LogP contribution in [0.15, 0.2) is 53.4 Å². The minimum absolute atomic E-state index is 0.198. The Morgan fingerprint density at radius 1 is 0.962 bits per heavy atom. The van der Waals surface area contributed by atoms with Crippen molar-refractivity contribution >= 4 is 10.0 Å². The second kappa shape index (κ2) is 7.65. The van der Waals surface area contributed by atoms with Gasteiger partial charge in [-0.05, 0) is 38.0 Å². The van der Waals surface area contributed by atoms with Gasteiger partial charge in [0.25, 0.3) is 0 Å². The van der Waals surface area contributed by atoms with Crippen LogP contribution in [-0.4, -0.2) is 18.8 Å². The molecule has 1 fully saturated rings. The topological polar surface area (TPSA) is 37.1 Å². The number of hydrogen-bond donors (Lipinski definition) is 0. The second-order valence-electron chi connectivity index (χ2n) is 6.87. The molecule has 0 spiro atoms. The van der Waals surface area contributed by atoms with E-state index < -0.39 is 10.0 Å². The molecule has 0 amide bonds. The van der Waals surface area contributed by atoms with E-state index in [4.69, 9.17) is 0 Å². The van der Waals surface area contributed by atoms with Gasteiger partial charge in [0, 0.05) is 6.42 Å². The van der Waals surface area contributed by atoms with Gasteiger partial charge in [0.15, 0.2) is 0 Å². The van der Waals surface area contributed by atoms with Crippen LogP contribution in [0.5, 0.6) is 0 Å². The molecule has 3 rings (SSSR count). The number of sulfonamides is 1. The molecule has 1 aliphatic rings. The Morgan fingerprint density at radius 2 is 1.54 bits per heavy atom. The fourth-order valence-electron chi connectivity index (χ4n) is 3.02. The first-order valence-electron chi connectivity index (χ1n) is 9.10. The Labute approximate surface area is 157 Å². The molecule has 0 aromatic heterocycles. The maximum Gasteiger partial charge on any atom is 0.244 e. The summed E-state index contributed by atoms with van der Waals surface area (Å²) < 4.78 is 27.8. The highest BCUT2D eigenvalue weighted by Gasteiger charge is 2.55. The Balaban J connectivity index is 1.91. The standard InChI is InChI=1S/C22H25NO2S/c1-4-5-6-7-8-21-22(19-13-9-17(2)10-14-19)23(21)26(24,25)20-15-11-18(3)12-16-20/h9-16,21-22H,4-6H2,1-3H3. The van der Waals surface area contributed by atoms with Crippen LogP contribution in [0.25, 0.3) is 0 Å². The number of unbranched alkanes of at least 4 members (excludes halogenated alkanes) is 2. The van der Waals surface area contributed by atoms with Gasteiger partial charge >= 0.3 is 0 Å². The molecule has 0 aliphatic carbocycles. The van der Waals surface area contributed by atoms with Crippen LogP contribution in [-0.2, 0) is 10.0 Å². The Hall–Kier alpha value is -2.09. The third-order valence-electron chi connectivity index (χ3n) is 4.68. The summed E-state index contributed by atoms with van der Waals surface area (Å²) in [5.74, 6) is 6.35. The first-order valence-corrected chi connectivity index (χ1v) is 10.5. The summed E-state index contributed by atoms with van der Waals surface area (Å²) in [6.07, 6.45) is 2.94. The summed E-state index contributed by atoms with van der Waals surface area (Å²) in [7, 11) is -3.55. The molecule has 26 heavy (non-hydrogen) atoms. The van der Waals surface area contributed by atoms with E-state index in [1.54, 1.807) is 16.4 Å². The van der Waals surface area contributed by atoms with Gasteiger partial charge in [0.1, 0.15) is 6.04 Å². The first kappa shape index (κ1) is 18.7. The van der Waals surface area contributed by atoms with Crippen LogP contribution >= 0.6 is 0 Å². The molecule has 0 saturated carbocycles. The summed E-state index contributed by atoms with van der Waals surface area (Å²) in [5, 5.41) is 0. The molecular weight excluding hydrogens is 342 g/mol. The Morgan fingerprint density at radius 3 is 2.12 bits per heavy atom. The number of rotatable bonds is 5. The SMILES string of the molecule is CCCCC#CC1C(c2ccc(C)cc2)N1S(=O)(=O)c1ccc(C)cc1. The molecule has 3 atom stereocenters. The molecule has 3 unspecified atom stereocenters. The maximum atomic E-state index is 13.1. The molecular formula is C22H25NO2S. The molecule has 0 N–H and O–H groups in total. The molecule has 2 aromatic carbocycles. The quantitative estimate of drug-likeness (QED) is 0.440. The van der Waals surface area contributed by atoms with Crippen molar-refractivity contribution in [1.29, 1.82) is 0 Å². The van der Waals surface area contributed by atoms with Gasteiger partial charge in [-0.1, -0.05) is 66.8 Å². The van der Waals surface area contributed by atoms with Crippen molar-refractivity contribution in [3.63, 3.8) is 0 Å². The van der Waals surface area contributed by atoms with Gasteiger partial charge in [-0.15, -0.1) is 5.92 Å². The van der Waals surface area contributed by atoms with Crippen LogP contribution in [0.4, 0.5) is 0 Å². The lowest BCUT2D eigenvalue weighted by Crippen LogP contribution is -2.14. The van der Waals surface area contributed by atoms with E-state index in [1.165, 1.54) is 0 Å². The predicted octanol–water partition coefficient (Wildman–Crippen LogP) is 4.61. The number of nitrogens with zero attached hydrogens (tertiary/aromatic N) is 1. The third kappa shape index (κ3) is 3.85. The van der Waals surface area contributed by atoms with Crippen molar-refractivity contribution < 1.29 is 8.42 Å². The largest absolute Gasteiger partial charge is 0.244 e. The molecule has 4 heteroatoms. The van der Waals surface area contributed by atoms with Gasteiger partial charge in [-0.3, -0.25) is 0 Å². The summed E-state index contributed by atoms with van der Waals surface area (Å²) in [6, 6.07) is 14.6. The van der Waals surface area contributed by atoms with E-state index in [0.717, 1.165) is 36.0 Å². The van der Waals surface area contributed by atoms with E-state index in [2.05, 4.69) is 18.8 Å². The van der Waals surface area contributed by atoms with Crippen molar-refractivity contribution in [1.82, 2.24) is 4.31 Å². The zero-order valence-corrected chi connectivity index (χ0v) is 16.4. The Kier molecular flexibility index (Phi) is 5.50. The van der Waals surface area contributed by atoms with E-state index in [0.29, 0.717) is 4.90 Å². The van der Waals surface area contributed by atoms with E-state index >= 15 is 0 Å². The highest BCUT2D eigenvalue weighted by atomic mass is 32.2. The average molecular weight is 368 g/mol. The molecule has 3 nitrogen and oxygen atoms in total. The van der Waals surface area contributed by atoms with E-state index in [9.17, 15) is 8.42 Å². The van der Waals surface area contributed by atoms with Crippen LogP contribution in [0.3, 0.4) is 0 Å². The van der Waals surface area contributed by atoms with Gasteiger partial charge in [0.05, 0.1) is 10.9 Å². The van der Waals surface area contributed by atoms with Crippen LogP contribution in [0, 0.1) is 25.7 Å². The molecule has 2 aromatic rings. The van der Waals surface area contributed by atoms with Gasteiger partial charge in [-0.25, -0.2) is 8.42 Å². The molecule has 0 bridgehead atoms.